The number of β-lactam (4-membered cyclic amide) rings is 1. The van der Waals surface area contributed by atoms with Crippen molar-refractivity contribution in [2.75, 3.05) is 4.90 Å². The predicted molar refractivity (Wildman–Crippen MR) is 162 cm³/mol. The summed E-state index contributed by atoms with van der Waals surface area (Å²) in [5, 5.41) is 9.60. The third kappa shape index (κ3) is 6.56. The molecule has 1 N–H and O–H groups in total. The van der Waals surface area contributed by atoms with Crippen molar-refractivity contribution in [1.29, 1.82) is 0 Å². The summed E-state index contributed by atoms with van der Waals surface area (Å²) in [7, 11) is -2.19. The van der Waals surface area contributed by atoms with Crippen LogP contribution in [0.1, 0.15) is 62.4 Å². The number of carboxylic acids is 1. The molecule has 4 rings (SSSR count). The number of hydrogen-bond acceptors (Lipinski definition) is 3. The maximum Gasteiger partial charge on any atom is 0.307 e. The van der Waals surface area contributed by atoms with E-state index >= 15 is 0 Å². The van der Waals surface area contributed by atoms with E-state index in [1.165, 1.54) is 12.1 Å². The first kappa shape index (κ1) is 30.2. The van der Waals surface area contributed by atoms with E-state index in [-0.39, 0.29) is 41.2 Å². The molecule has 0 unspecified atom stereocenters. The molecule has 8 heteroatoms. The van der Waals surface area contributed by atoms with E-state index in [1.807, 2.05) is 48.5 Å². The molecule has 0 aromatic heterocycles. The number of halogens is 2. The zero-order valence-corrected chi connectivity index (χ0v) is 26.2. The number of carbonyl (C=O) groups is 2. The molecule has 0 aliphatic carbocycles. The first-order valence-corrected chi connectivity index (χ1v) is 17.3. The van der Waals surface area contributed by atoms with Crippen molar-refractivity contribution < 1.29 is 23.5 Å². The number of carboxylic acid groups (broad SMARTS) is 1. The van der Waals surface area contributed by atoms with Gasteiger partial charge in [0.2, 0.25) is 5.91 Å². The number of amides is 1. The molecule has 1 aliphatic rings. The molecule has 0 bridgehead atoms. The van der Waals surface area contributed by atoms with Gasteiger partial charge >= 0.3 is 5.97 Å². The van der Waals surface area contributed by atoms with Crippen LogP contribution in [0.5, 0.6) is 0 Å². The fourth-order valence-electron chi connectivity index (χ4n) is 5.08. The summed E-state index contributed by atoms with van der Waals surface area (Å²) in [5.41, 5.74) is 3.19. The number of para-hydroxylation sites is 1. The van der Waals surface area contributed by atoms with Gasteiger partial charge in [0.05, 0.1) is 24.5 Å². The molecule has 212 valence electrons. The van der Waals surface area contributed by atoms with Crippen molar-refractivity contribution in [2.24, 2.45) is 5.92 Å². The molecule has 0 saturated carbocycles. The van der Waals surface area contributed by atoms with Crippen LogP contribution in [0.4, 0.5) is 10.1 Å². The summed E-state index contributed by atoms with van der Waals surface area (Å²) in [4.78, 5) is 27.2. The SMILES string of the molecule is CC(C)(C)[Si](C)(C)O[C@@H](CC[C@H]1C(=O)N(c2ccccc2)[C@@H]1c1ccc(Br)cc1CC(=O)O)c1ccc(F)cc1. The third-order valence-corrected chi connectivity index (χ3v) is 13.2. The maximum absolute atomic E-state index is 13.8. The van der Waals surface area contributed by atoms with Gasteiger partial charge in [0.25, 0.3) is 0 Å². The van der Waals surface area contributed by atoms with Crippen LogP contribution in [0.15, 0.2) is 77.3 Å². The molecule has 1 amide bonds. The average Bonchev–Trinajstić information content (AvgIpc) is 2.87. The molecule has 0 radical (unpaired) electrons. The molecule has 1 saturated heterocycles. The fraction of sp³-hybridized carbons (Fsp3) is 0.375. The van der Waals surface area contributed by atoms with Crippen LogP contribution in [0, 0.1) is 11.7 Å². The smallest absolute Gasteiger partial charge is 0.307 e. The summed E-state index contributed by atoms with van der Waals surface area (Å²) in [6, 6.07) is 21.3. The molecular formula is C32H37BrFNO4Si. The van der Waals surface area contributed by atoms with Gasteiger partial charge in [-0.3, -0.25) is 9.59 Å². The van der Waals surface area contributed by atoms with Gasteiger partial charge in [0.1, 0.15) is 5.82 Å². The van der Waals surface area contributed by atoms with Crippen molar-refractivity contribution in [3.05, 3.63) is 99.8 Å². The van der Waals surface area contributed by atoms with Gasteiger partial charge in [-0.05, 0) is 84.1 Å². The maximum atomic E-state index is 13.8. The van der Waals surface area contributed by atoms with Crippen molar-refractivity contribution in [2.45, 2.75) is 70.3 Å². The lowest BCUT2D eigenvalue weighted by atomic mass is 9.76. The Morgan fingerprint density at radius 1 is 1.07 bits per heavy atom. The van der Waals surface area contributed by atoms with E-state index in [2.05, 4.69) is 49.8 Å². The molecule has 0 spiro atoms. The number of anilines is 1. The van der Waals surface area contributed by atoms with Gasteiger partial charge < -0.3 is 14.4 Å². The topological polar surface area (TPSA) is 66.8 Å². The quantitative estimate of drug-likeness (QED) is 0.181. The Morgan fingerprint density at radius 3 is 2.33 bits per heavy atom. The highest BCUT2D eigenvalue weighted by molar-refractivity contribution is 9.10. The van der Waals surface area contributed by atoms with Crippen molar-refractivity contribution in [3.8, 4) is 0 Å². The summed E-state index contributed by atoms with van der Waals surface area (Å²) >= 11 is 3.47. The van der Waals surface area contributed by atoms with Gasteiger partial charge in [-0.1, -0.05) is 73.1 Å². The molecule has 40 heavy (non-hydrogen) atoms. The van der Waals surface area contributed by atoms with Crippen molar-refractivity contribution in [3.63, 3.8) is 0 Å². The van der Waals surface area contributed by atoms with E-state index in [0.717, 1.165) is 21.3 Å². The van der Waals surface area contributed by atoms with Crippen LogP contribution >= 0.6 is 15.9 Å². The fourth-order valence-corrected chi connectivity index (χ4v) is 6.80. The summed E-state index contributed by atoms with van der Waals surface area (Å²) in [6.07, 6.45) is 0.704. The van der Waals surface area contributed by atoms with E-state index in [4.69, 9.17) is 4.43 Å². The zero-order valence-electron chi connectivity index (χ0n) is 23.7. The Hall–Kier alpha value is -2.81. The zero-order chi connectivity index (χ0) is 29.2. The number of hydrogen-bond donors (Lipinski definition) is 1. The molecule has 1 fully saturated rings. The van der Waals surface area contributed by atoms with Gasteiger partial charge in [0.15, 0.2) is 8.32 Å². The lowest BCUT2D eigenvalue weighted by molar-refractivity contribution is -0.136. The highest BCUT2D eigenvalue weighted by Crippen LogP contribution is 2.48. The second-order valence-corrected chi connectivity index (χ2v) is 17.7. The van der Waals surface area contributed by atoms with Crippen LogP contribution in [0.3, 0.4) is 0 Å². The van der Waals surface area contributed by atoms with E-state index in [9.17, 15) is 19.1 Å². The second-order valence-electron chi connectivity index (χ2n) is 12.0. The molecule has 3 aromatic carbocycles. The van der Waals surface area contributed by atoms with E-state index < -0.39 is 14.3 Å². The van der Waals surface area contributed by atoms with Crippen molar-refractivity contribution in [1.82, 2.24) is 0 Å². The van der Waals surface area contributed by atoms with Crippen LogP contribution in [-0.2, 0) is 20.4 Å². The summed E-state index contributed by atoms with van der Waals surface area (Å²) in [6.45, 7) is 10.9. The lowest BCUT2D eigenvalue weighted by Crippen LogP contribution is -2.55. The summed E-state index contributed by atoms with van der Waals surface area (Å²) in [5.74, 6) is -1.57. The minimum atomic E-state index is -2.19. The first-order valence-electron chi connectivity index (χ1n) is 13.6. The largest absolute Gasteiger partial charge is 0.481 e. The standard InChI is InChI=1S/C32H37BrFNO4Si/c1-32(2,3)40(4,5)39-28(21-11-14-24(34)15-12-21)18-17-27-30(35(31(27)38)25-9-7-6-8-10-25)26-16-13-23(33)19-22(26)20-29(36)37/h6-16,19,27-28,30H,17-18,20H2,1-5H3,(H,36,37)/t27-,28+,30-/m1/s1. The van der Waals surface area contributed by atoms with Crippen LogP contribution in [-0.4, -0.2) is 25.3 Å². The highest BCUT2D eigenvalue weighted by atomic mass is 79.9. The van der Waals surface area contributed by atoms with Gasteiger partial charge in [-0.2, -0.15) is 0 Å². The lowest BCUT2D eigenvalue weighted by Gasteiger charge is -2.49. The van der Waals surface area contributed by atoms with Gasteiger partial charge in [-0.15, -0.1) is 0 Å². The molecule has 1 heterocycles. The van der Waals surface area contributed by atoms with E-state index in [0.29, 0.717) is 18.4 Å². The Morgan fingerprint density at radius 2 is 1.73 bits per heavy atom. The normalized spacial score (nSPS) is 18.4. The summed E-state index contributed by atoms with van der Waals surface area (Å²) < 4.78 is 21.4. The minimum absolute atomic E-state index is 0.00516. The minimum Gasteiger partial charge on any atom is -0.481 e. The number of carbonyl (C=O) groups excluding carboxylic acids is 1. The molecule has 1 aliphatic heterocycles. The second kappa shape index (κ2) is 12.0. The van der Waals surface area contributed by atoms with Crippen LogP contribution in [0.25, 0.3) is 0 Å². The number of aliphatic carboxylic acids is 1. The Kier molecular flexibility index (Phi) is 9.02. The Bertz CT molecular complexity index is 1360. The number of nitrogens with zero attached hydrogens (tertiary/aromatic N) is 1. The monoisotopic (exact) mass is 625 g/mol. The number of rotatable bonds is 10. The molecule has 3 atom stereocenters. The average molecular weight is 627 g/mol. The first-order chi connectivity index (χ1) is 18.8. The Labute approximate surface area is 245 Å². The van der Waals surface area contributed by atoms with Crippen LogP contribution < -0.4 is 4.90 Å². The van der Waals surface area contributed by atoms with Crippen LogP contribution in [0.2, 0.25) is 18.1 Å². The van der Waals surface area contributed by atoms with E-state index in [1.54, 1.807) is 17.0 Å². The third-order valence-electron chi connectivity index (χ3n) is 8.24. The molecule has 5 nitrogen and oxygen atoms in total. The van der Waals surface area contributed by atoms with Gasteiger partial charge in [-0.25, -0.2) is 4.39 Å². The molecular weight excluding hydrogens is 589 g/mol. The predicted octanol–water partition coefficient (Wildman–Crippen LogP) is 8.46. The number of benzene rings is 3. The molecule has 3 aromatic rings. The highest BCUT2D eigenvalue weighted by Gasteiger charge is 2.49. The van der Waals surface area contributed by atoms with Crippen molar-refractivity contribution >= 4 is 41.8 Å². The van der Waals surface area contributed by atoms with Gasteiger partial charge in [0, 0.05) is 10.2 Å². The Balaban J connectivity index is 1.68.